The van der Waals surface area contributed by atoms with E-state index in [1.54, 1.807) is 0 Å². The van der Waals surface area contributed by atoms with Gasteiger partial charge in [-0.25, -0.2) is 0 Å². The normalized spacial score (nSPS) is 12.8. The minimum atomic E-state index is -0.490. The monoisotopic (exact) mass is 229 g/mol. The first-order valence-corrected chi connectivity index (χ1v) is 6.95. The van der Waals surface area contributed by atoms with Gasteiger partial charge in [-0.05, 0) is 39.7 Å². The molecule has 1 N–H and O–H groups in total. The molecule has 0 bridgehead atoms. The zero-order chi connectivity index (χ0) is 12.6. The Morgan fingerprint density at radius 1 is 1.06 bits per heavy atom. The van der Waals surface area contributed by atoms with E-state index in [0.717, 1.165) is 25.9 Å². The zero-order valence-corrected chi connectivity index (χ0v) is 11.9. The van der Waals surface area contributed by atoms with Gasteiger partial charge in [0.2, 0.25) is 0 Å². The van der Waals surface area contributed by atoms with Crippen LogP contribution in [0.1, 0.15) is 66.7 Å². The molecule has 0 aliphatic rings. The summed E-state index contributed by atoms with van der Waals surface area (Å²) in [5.74, 6) is 0. The van der Waals surface area contributed by atoms with Gasteiger partial charge in [-0.2, -0.15) is 0 Å². The van der Waals surface area contributed by atoms with Crippen molar-refractivity contribution in [3.8, 4) is 0 Å². The Balaban J connectivity index is 4.21. The summed E-state index contributed by atoms with van der Waals surface area (Å²) >= 11 is 0. The molecule has 0 aromatic carbocycles. The average molecular weight is 229 g/mol. The summed E-state index contributed by atoms with van der Waals surface area (Å²) in [5, 5.41) is 10.4. The lowest BCUT2D eigenvalue weighted by molar-refractivity contribution is -0.0118. The van der Waals surface area contributed by atoms with E-state index in [2.05, 4.69) is 39.5 Å². The van der Waals surface area contributed by atoms with Crippen LogP contribution in [-0.4, -0.2) is 34.7 Å². The maximum atomic E-state index is 10.4. The van der Waals surface area contributed by atoms with Crippen molar-refractivity contribution in [2.24, 2.45) is 0 Å². The quantitative estimate of drug-likeness (QED) is 0.612. The van der Waals surface area contributed by atoms with E-state index in [9.17, 15) is 5.11 Å². The van der Waals surface area contributed by atoms with Gasteiger partial charge in [-0.1, -0.05) is 33.6 Å². The Kier molecular flexibility index (Phi) is 8.04. The van der Waals surface area contributed by atoms with E-state index in [0.29, 0.717) is 6.04 Å². The molecule has 16 heavy (non-hydrogen) atoms. The average Bonchev–Trinajstić information content (AvgIpc) is 2.27. The largest absolute Gasteiger partial charge is 0.389 e. The highest BCUT2D eigenvalue weighted by molar-refractivity contribution is 4.81. The molecular weight excluding hydrogens is 198 g/mol. The minimum Gasteiger partial charge on any atom is -0.389 e. The number of aliphatic hydroxyl groups is 1. The van der Waals surface area contributed by atoms with E-state index in [-0.39, 0.29) is 0 Å². The fourth-order valence-corrected chi connectivity index (χ4v) is 1.94. The van der Waals surface area contributed by atoms with E-state index in [1.165, 1.54) is 19.3 Å². The molecular formula is C14H31NO. The number of unbranched alkanes of at least 4 members (excludes halogenated alkanes) is 2. The lowest BCUT2D eigenvalue weighted by Gasteiger charge is -2.35. The van der Waals surface area contributed by atoms with Crippen molar-refractivity contribution in [1.82, 2.24) is 4.90 Å². The lowest BCUT2D eigenvalue weighted by Crippen LogP contribution is -2.45. The fourth-order valence-electron chi connectivity index (χ4n) is 1.94. The summed E-state index contributed by atoms with van der Waals surface area (Å²) in [6.07, 6.45) is 5.50. The highest BCUT2D eigenvalue weighted by Crippen LogP contribution is 2.18. The van der Waals surface area contributed by atoms with Crippen molar-refractivity contribution >= 4 is 0 Å². The highest BCUT2D eigenvalue weighted by atomic mass is 16.3. The van der Waals surface area contributed by atoms with Gasteiger partial charge >= 0.3 is 0 Å². The molecule has 0 saturated heterocycles. The molecule has 0 saturated carbocycles. The first-order valence-electron chi connectivity index (χ1n) is 6.95. The maximum absolute atomic E-state index is 10.4. The minimum absolute atomic E-state index is 0.490. The molecule has 0 amide bonds. The molecule has 2 heteroatoms. The molecule has 98 valence electrons. The van der Waals surface area contributed by atoms with E-state index in [1.807, 2.05) is 0 Å². The Morgan fingerprint density at radius 3 is 2.00 bits per heavy atom. The van der Waals surface area contributed by atoms with Crippen molar-refractivity contribution in [3.63, 3.8) is 0 Å². The molecule has 0 spiro atoms. The fraction of sp³-hybridized carbons (Fsp3) is 1.00. The van der Waals surface area contributed by atoms with Crippen LogP contribution in [-0.2, 0) is 0 Å². The summed E-state index contributed by atoms with van der Waals surface area (Å²) in [7, 11) is 0. The van der Waals surface area contributed by atoms with Crippen LogP contribution >= 0.6 is 0 Å². The molecule has 0 aliphatic heterocycles. The van der Waals surface area contributed by atoms with Gasteiger partial charge in [0.1, 0.15) is 0 Å². The summed E-state index contributed by atoms with van der Waals surface area (Å²) < 4.78 is 0. The summed E-state index contributed by atoms with van der Waals surface area (Å²) in [6.45, 7) is 12.8. The Hall–Kier alpha value is -0.0800. The molecule has 0 unspecified atom stereocenters. The molecule has 0 fully saturated rings. The first kappa shape index (κ1) is 15.9. The van der Waals surface area contributed by atoms with E-state index < -0.39 is 5.60 Å². The Morgan fingerprint density at radius 2 is 1.62 bits per heavy atom. The second-order valence-corrected chi connectivity index (χ2v) is 5.20. The van der Waals surface area contributed by atoms with Crippen molar-refractivity contribution in [2.75, 3.05) is 13.1 Å². The third-order valence-electron chi connectivity index (χ3n) is 3.59. The molecule has 0 aromatic heterocycles. The van der Waals surface area contributed by atoms with Crippen LogP contribution in [0, 0.1) is 0 Å². The van der Waals surface area contributed by atoms with Crippen molar-refractivity contribution < 1.29 is 5.11 Å². The summed E-state index contributed by atoms with van der Waals surface area (Å²) in [4.78, 5) is 2.42. The molecule has 0 atom stereocenters. The van der Waals surface area contributed by atoms with Gasteiger partial charge in [0, 0.05) is 12.6 Å². The number of hydrogen-bond acceptors (Lipinski definition) is 2. The topological polar surface area (TPSA) is 23.5 Å². The second-order valence-electron chi connectivity index (χ2n) is 5.20. The predicted molar refractivity (Wildman–Crippen MR) is 71.8 cm³/mol. The van der Waals surface area contributed by atoms with Crippen LogP contribution in [0.15, 0.2) is 0 Å². The van der Waals surface area contributed by atoms with Crippen LogP contribution in [0.4, 0.5) is 0 Å². The molecule has 0 radical (unpaired) electrons. The van der Waals surface area contributed by atoms with Crippen LogP contribution in [0.2, 0.25) is 0 Å². The molecule has 0 rings (SSSR count). The Labute approximate surface area is 102 Å². The second kappa shape index (κ2) is 8.08. The zero-order valence-electron chi connectivity index (χ0n) is 11.9. The van der Waals surface area contributed by atoms with Crippen LogP contribution in [0.5, 0.6) is 0 Å². The van der Waals surface area contributed by atoms with Gasteiger partial charge in [-0.15, -0.1) is 0 Å². The third-order valence-corrected chi connectivity index (χ3v) is 3.59. The lowest BCUT2D eigenvalue weighted by atomic mass is 9.96. The smallest absolute Gasteiger partial charge is 0.0769 e. The highest BCUT2D eigenvalue weighted by Gasteiger charge is 2.26. The molecule has 0 aromatic rings. The molecule has 0 aliphatic carbocycles. The van der Waals surface area contributed by atoms with Gasteiger partial charge in [0.15, 0.2) is 0 Å². The van der Waals surface area contributed by atoms with Gasteiger partial charge < -0.3 is 5.11 Å². The Bertz CT molecular complexity index is 164. The van der Waals surface area contributed by atoms with E-state index in [4.69, 9.17) is 0 Å². The summed E-state index contributed by atoms with van der Waals surface area (Å²) in [6, 6.07) is 0.529. The van der Waals surface area contributed by atoms with E-state index >= 15 is 0 Å². The van der Waals surface area contributed by atoms with Gasteiger partial charge in [0.25, 0.3) is 0 Å². The standard InChI is InChI=1S/C14H31NO/c1-6-9-10-11-15(13(4)5)12-14(16,7-2)8-3/h13,16H,6-12H2,1-5H3. The van der Waals surface area contributed by atoms with Gasteiger partial charge in [-0.3, -0.25) is 4.90 Å². The van der Waals surface area contributed by atoms with Gasteiger partial charge in [0.05, 0.1) is 5.60 Å². The van der Waals surface area contributed by atoms with Crippen molar-refractivity contribution in [3.05, 3.63) is 0 Å². The van der Waals surface area contributed by atoms with Crippen LogP contribution in [0.3, 0.4) is 0 Å². The number of rotatable bonds is 9. The number of nitrogens with zero attached hydrogens (tertiary/aromatic N) is 1. The maximum Gasteiger partial charge on any atom is 0.0769 e. The van der Waals surface area contributed by atoms with Crippen LogP contribution in [0.25, 0.3) is 0 Å². The first-order chi connectivity index (χ1) is 7.49. The molecule has 2 nitrogen and oxygen atoms in total. The van der Waals surface area contributed by atoms with Crippen molar-refractivity contribution in [1.29, 1.82) is 0 Å². The molecule has 0 heterocycles. The SMILES string of the molecule is CCCCCN(CC(O)(CC)CC)C(C)C. The predicted octanol–water partition coefficient (Wildman–Crippen LogP) is 3.44. The summed E-state index contributed by atoms with van der Waals surface area (Å²) in [5.41, 5.74) is -0.490. The van der Waals surface area contributed by atoms with Crippen molar-refractivity contribution in [2.45, 2.75) is 78.4 Å². The van der Waals surface area contributed by atoms with Crippen LogP contribution < -0.4 is 0 Å². The number of hydrogen-bond donors (Lipinski definition) is 1. The third kappa shape index (κ3) is 5.86.